The van der Waals surface area contributed by atoms with Crippen molar-refractivity contribution in [3.05, 3.63) is 34.9 Å². The SMILES string of the molecule is Cc1cc(C(C)(C)C)ccc1CN(C)C(=O)C(C)N. The molecule has 0 fully saturated rings. The summed E-state index contributed by atoms with van der Waals surface area (Å²) < 4.78 is 0. The molecule has 0 saturated heterocycles. The Hall–Kier alpha value is -1.35. The minimum absolute atomic E-state index is 0.0284. The van der Waals surface area contributed by atoms with Crippen molar-refractivity contribution in [3.8, 4) is 0 Å². The van der Waals surface area contributed by atoms with Crippen molar-refractivity contribution < 1.29 is 4.79 Å². The van der Waals surface area contributed by atoms with Crippen molar-refractivity contribution in [2.45, 2.75) is 52.6 Å². The summed E-state index contributed by atoms with van der Waals surface area (Å²) >= 11 is 0. The van der Waals surface area contributed by atoms with Crippen molar-refractivity contribution in [2.75, 3.05) is 7.05 Å². The molecule has 3 nitrogen and oxygen atoms in total. The van der Waals surface area contributed by atoms with Gasteiger partial charge in [-0.2, -0.15) is 0 Å². The van der Waals surface area contributed by atoms with Crippen molar-refractivity contribution in [1.82, 2.24) is 4.90 Å². The molecule has 0 radical (unpaired) electrons. The van der Waals surface area contributed by atoms with Crippen LogP contribution in [0, 0.1) is 6.92 Å². The third-order valence-corrected chi connectivity index (χ3v) is 3.38. The van der Waals surface area contributed by atoms with Gasteiger partial charge in [-0.25, -0.2) is 0 Å². The Kier molecular flexibility index (Phi) is 4.75. The number of carbonyl (C=O) groups is 1. The first-order valence-corrected chi connectivity index (χ1v) is 6.73. The predicted molar refractivity (Wildman–Crippen MR) is 80.0 cm³/mol. The van der Waals surface area contributed by atoms with Gasteiger partial charge in [0.25, 0.3) is 0 Å². The molecule has 19 heavy (non-hydrogen) atoms. The van der Waals surface area contributed by atoms with Gasteiger partial charge in [0.05, 0.1) is 6.04 Å². The molecular weight excluding hydrogens is 236 g/mol. The highest BCUT2D eigenvalue weighted by Crippen LogP contribution is 2.24. The predicted octanol–water partition coefficient (Wildman–Crippen LogP) is 2.60. The average Bonchev–Trinajstić information content (AvgIpc) is 2.29. The molecule has 0 aliphatic rings. The third-order valence-electron chi connectivity index (χ3n) is 3.38. The zero-order chi connectivity index (χ0) is 14.8. The number of hydrogen-bond donors (Lipinski definition) is 1. The largest absolute Gasteiger partial charge is 0.340 e. The van der Waals surface area contributed by atoms with Crippen LogP contribution in [0.15, 0.2) is 18.2 Å². The first-order chi connectivity index (χ1) is 8.62. The molecule has 1 aromatic rings. The highest BCUT2D eigenvalue weighted by atomic mass is 16.2. The smallest absolute Gasteiger partial charge is 0.239 e. The van der Waals surface area contributed by atoms with E-state index < -0.39 is 6.04 Å². The van der Waals surface area contributed by atoms with Crippen LogP contribution in [0.5, 0.6) is 0 Å². The third kappa shape index (κ3) is 4.06. The zero-order valence-corrected chi connectivity index (χ0v) is 12.9. The van der Waals surface area contributed by atoms with E-state index in [-0.39, 0.29) is 11.3 Å². The van der Waals surface area contributed by atoms with E-state index in [9.17, 15) is 4.79 Å². The summed E-state index contributed by atoms with van der Waals surface area (Å²) in [6, 6.07) is 6.02. The van der Waals surface area contributed by atoms with Gasteiger partial charge >= 0.3 is 0 Å². The molecule has 0 aliphatic carbocycles. The number of benzene rings is 1. The Morgan fingerprint density at radius 2 is 1.95 bits per heavy atom. The molecule has 1 amide bonds. The summed E-state index contributed by atoms with van der Waals surface area (Å²) in [5.74, 6) is -0.0284. The Morgan fingerprint density at radius 3 is 2.37 bits per heavy atom. The van der Waals surface area contributed by atoms with Crippen LogP contribution in [0.4, 0.5) is 0 Å². The lowest BCUT2D eigenvalue weighted by Gasteiger charge is -2.23. The van der Waals surface area contributed by atoms with Gasteiger partial charge in [-0.1, -0.05) is 39.0 Å². The molecule has 1 aromatic carbocycles. The number of aryl methyl sites for hydroxylation is 1. The molecule has 0 aliphatic heterocycles. The van der Waals surface area contributed by atoms with Crippen LogP contribution in [0.1, 0.15) is 44.4 Å². The van der Waals surface area contributed by atoms with Crippen LogP contribution in [0.25, 0.3) is 0 Å². The van der Waals surface area contributed by atoms with Gasteiger partial charge in [0.2, 0.25) is 5.91 Å². The van der Waals surface area contributed by atoms with Gasteiger partial charge in [-0.15, -0.1) is 0 Å². The molecule has 0 heterocycles. The molecule has 2 N–H and O–H groups in total. The van der Waals surface area contributed by atoms with E-state index in [1.54, 1.807) is 18.9 Å². The fraction of sp³-hybridized carbons (Fsp3) is 0.562. The van der Waals surface area contributed by atoms with Crippen molar-refractivity contribution in [3.63, 3.8) is 0 Å². The van der Waals surface area contributed by atoms with E-state index in [2.05, 4.69) is 45.9 Å². The first-order valence-electron chi connectivity index (χ1n) is 6.73. The molecular formula is C16H26N2O. The van der Waals surface area contributed by atoms with Gasteiger partial charge < -0.3 is 10.6 Å². The van der Waals surface area contributed by atoms with Crippen molar-refractivity contribution in [1.29, 1.82) is 0 Å². The van der Waals surface area contributed by atoms with Gasteiger partial charge in [0.1, 0.15) is 0 Å². The standard InChI is InChI=1S/C16H26N2O/c1-11-9-14(16(3,4)5)8-7-13(11)10-18(6)15(19)12(2)17/h7-9,12H,10,17H2,1-6H3. The Balaban J connectivity index is 2.90. The molecule has 1 unspecified atom stereocenters. The van der Waals surface area contributed by atoms with E-state index in [0.717, 1.165) is 0 Å². The van der Waals surface area contributed by atoms with Gasteiger partial charge in [-0.3, -0.25) is 4.79 Å². The van der Waals surface area contributed by atoms with Gasteiger partial charge in [-0.05, 0) is 36.0 Å². The quantitative estimate of drug-likeness (QED) is 0.910. The van der Waals surface area contributed by atoms with Crippen molar-refractivity contribution >= 4 is 5.91 Å². The molecule has 106 valence electrons. The monoisotopic (exact) mass is 262 g/mol. The van der Waals surface area contributed by atoms with Crippen LogP contribution >= 0.6 is 0 Å². The summed E-state index contributed by atoms with van der Waals surface area (Å²) in [6.07, 6.45) is 0. The maximum atomic E-state index is 11.8. The second-order valence-electron chi connectivity index (χ2n) is 6.37. The first kappa shape index (κ1) is 15.7. The van der Waals surface area contributed by atoms with Crippen LogP contribution in [0.3, 0.4) is 0 Å². The molecule has 0 spiro atoms. The Morgan fingerprint density at radius 1 is 1.37 bits per heavy atom. The normalized spacial score (nSPS) is 13.2. The molecule has 0 saturated carbocycles. The average molecular weight is 262 g/mol. The zero-order valence-electron chi connectivity index (χ0n) is 12.9. The van der Waals surface area contributed by atoms with E-state index in [1.807, 2.05) is 0 Å². The number of amides is 1. The number of likely N-dealkylation sites (N-methyl/N-ethyl adjacent to an activating group) is 1. The molecule has 0 bridgehead atoms. The minimum Gasteiger partial charge on any atom is -0.340 e. The Bertz CT molecular complexity index is 458. The van der Waals surface area contributed by atoms with E-state index in [0.29, 0.717) is 6.54 Å². The molecule has 3 heteroatoms. The number of hydrogen-bond acceptors (Lipinski definition) is 2. The lowest BCUT2D eigenvalue weighted by molar-refractivity contribution is -0.131. The second-order valence-corrected chi connectivity index (χ2v) is 6.37. The van der Waals surface area contributed by atoms with Crippen LogP contribution in [0.2, 0.25) is 0 Å². The number of nitrogens with zero attached hydrogens (tertiary/aromatic N) is 1. The highest BCUT2D eigenvalue weighted by Gasteiger charge is 2.17. The summed E-state index contributed by atoms with van der Waals surface area (Å²) in [4.78, 5) is 13.5. The second kappa shape index (κ2) is 5.74. The molecule has 0 aromatic heterocycles. The lowest BCUT2D eigenvalue weighted by Crippen LogP contribution is -2.39. The van der Waals surface area contributed by atoms with Gasteiger partial charge in [0, 0.05) is 13.6 Å². The summed E-state index contributed by atoms with van der Waals surface area (Å²) in [7, 11) is 1.79. The van der Waals surface area contributed by atoms with E-state index in [4.69, 9.17) is 5.73 Å². The Labute approximate surface area is 116 Å². The van der Waals surface area contributed by atoms with E-state index in [1.165, 1.54) is 16.7 Å². The summed E-state index contributed by atoms with van der Waals surface area (Å²) in [6.45, 7) is 11.0. The molecule has 1 atom stereocenters. The van der Waals surface area contributed by atoms with E-state index >= 15 is 0 Å². The van der Waals surface area contributed by atoms with Crippen LogP contribution < -0.4 is 5.73 Å². The summed E-state index contributed by atoms with van der Waals surface area (Å²) in [5.41, 5.74) is 9.47. The van der Waals surface area contributed by atoms with Crippen LogP contribution in [-0.2, 0) is 16.8 Å². The maximum absolute atomic E-state index is 11.8. The summed E-state index contributed by atoms with van der Waals surface area (Å²) in [5, 5.41) is 0. The number of nitrogens with two attached hydrogens (primary N) is 1. The number of carbonyl (C=O) groups excluding carboxylic acids is 1. The topological polar surface area (TPSA) is 46.3 Å². The van der Waals surface area contributed by atoms with Gasteiger partial charge in [0.15, 0.2) is 0 Å². The van der Waals surface area contributed by atoms with Crippen molar-refractivity contribution in [2.24, 2.45) is 5.73 Å². The number of rotatable bonds is 3. The maximum Gasteiger partial charge on any atom is 0.239 e. The van der Waals surface area contributed by atoms with Crippen LogP contribution in [-0.4, -0.2) is 23.9 Å². The lowest BCUT2D eigenvalue weighted by atomic mass is 9.85. The molecule has 1 rings (SSSR count). The highest BCUT2D eigenvalue weighted by molar-refractivity contribution is 5.80. The fourth-order valence-electron chi connectivity index (χ4n) is 2.02. The minimum atomic E-state index is -0.445. The fourth-order valence-corrected chi connectivity index (χ4v) is 2.02.